The highest BCUT2D eigenvalue weighted by Gasteiger charge is 2.11. The minimum atomic E-state index is -0.252. The highest BCUT2D eigenvalue weighted by molar-refractivity contribution is 6.05. The molecule has 0 spiro atoms. The molecule has 0 atom stereocenters. The molecule has 84 valence electrons. The van der Waals surface area contributed by atoms with Crippen LogP contribution in [0.5, 0.6) is 0 Å². The molecule has 0 saturated heterocycles. The number of nitrogens with zero attached hydrogens (tertiary/aromatic N) is 1. The van der Waals surface area contributed by atoms with Crippen molar-refractivity contribution in [1.82, 2.24) is 0 Å². The number of hydrogen-bond acceptors (Lipinski definition) is 3. The van der Waals surface area contributed by atoms with Crippen LogP contribution in [0.1, 0.15) is 25.7 Å². The Morgan fingerprint density at radius 3 is 2.62 bits per heavy atom. The summed E-state index contributed by atoms with van der Waals surface area (Å²) in [6.07, 6.45) is 3.49. The summed E-state index contributed by atoms with van der Waals surface area (Å²) in [5.74, 6) is -0.252. The van der Waals surface area contributed by atoms with Crippen molar-refractivity contribution in [1.29, 1.82) is 5.41 Å². The van der Waals surface area contributed by atoms with Crippen molar-refractivity contribution < 1.29 is 4.39 Å². The van der Waals surface area contributed by atoms with E-state index >= 15 is 0 Å². The molecule has 0 aliphatic heterocycles. The summed E-state index contributed by atoms with van der Waals surface area (Å²) in [4.78, 5) is 0. The van der Waals surface area contributed by atoms with E-state index in [1.807, 2.05) is 0 Å². The van der Waals surface area contributed by atoms with E-state index in [0.717, 1.165) is 36.4 Å². The Hall–Kier alpha value is -1.71. The van der Waals surface area contributed by atoms with Gasteiger partial charge in [0, 0.05) is 17.8 Å². The molecule has 0 amide bonds. The van der Waals surface area contributed by atoms with Gasteiger partial charge in [-0.25, -0.2) is 4.39 Å². The SMILES string of the molecule is N=C1CCC/C(=N\Nc2ccc(F)cc2)C1. The van der Waals surface area contributed by atoms with E-state index in [0.29, 0.717) is 6.42 Å². The van der Waals surface area contributed by atoms with Gasteiger partial charge in [-0.05, 0) is 43.5 Å². The fourth-order valence-electron chi connectivity index (χ4n) is 1.69. The van der Waals surface area contributed by atoms with E-state index in [4.69, 9.17) is 5.41 Å². The van der Waals surface area contributed by atoms with Crippen LogP contribution in [0.25, 0.3) is 0 Å². The molecule has 1 aromatic rings. The summed E-state index contributed by atoms with van der Waals surface area (Å²) >= 11 is 0. The maximum Gasteiger partial charge on any atom is 0.123 e. The van der Waals surface area contributed by atoms with Crippen molar-refractivity contribution in [3.63, 3.8) is 0 Å². The van der Waals surface area contributed by atoms with Gasteiger partial charge in [0.15, 0.2) is 0 Å². The van der Waals surface area contributed by atoms with E-state index < -0.39 is 0 Å². The lowest BCUT2D eigenvalue weighted by Gasteiger charge is -2.13. The summed E-state index contributed by atoms with van der Waals surface area (Å²) < 4.78 is 12.6. The van der Waals surface area contributed by atoms with Gasteiger partial charge >= 0.3 is 0 Å². The molecule has 0 unspecified atom stereocenters. The Labute approximate surface area is 93.9 Å². The second kappa shape index (κ2) is 4.88. The van der Waals surface area contributed by atoms with Gasteiger partial charge in [-0.15, -0.1) is 0 Å². The van der Waals surface area contributed by atoms with Crippen molar-refractivity contribution >= 4 is 17.1 Å². The molecule has 16 heavy (non-hydrogen) atoms. The van der Waals surface area contributed by atoms with Gasteiger partial charge in [-0.3, -0.25) is 5.43 Å². The number of hydrogen-bond donors (Lipinski definition) is 2. The predicted molar refractivity (Wildman–Crippen MR) is 63.7 cm³/mol. The van der Waals surface area contributed by atoms with Crippen LogP contribution < -0.4 is 5.43 Å². The normalized spacial score (nSPS) is 18.8. The number of halogens is 1. The predicted octanol–water partition coefficient (Wildman–Crippen LogP) is 3.19. The fourth-order valence-corrected chi connectivity index (χ4v) is 1.69. The standard InChI is InChI=1S/C12H14FN3/c13-9-4-6-11(7-5-9)15-16-12-3-1-2-10(14)8-12/h4-7,14-15H,1-3,8H2/b14-10?,16-12+. The lowest BCUT2D eigenvalue weighted by molar-refractivity contribution is 0.628. The molecule has 2 rings (SSSR count). The summed E-state index contributed by atoms with van der Waals surface area (Å²) in [6, 6.07) is 6.08. The van der Waals surface area contributed by atoms with Gasteiger partial charge in [0.2, 0.25) is 0 Å². The third-order valence-electron chi connectivity index (χ3n) is 2.55. The second-order valence-corrected chi connectivity index (χ2v) is 3.93. The number of rotatable bonds is 2. The van der Waals surface area contributed by atoms with Gasteiger partial charge in [-0.1, -0.05) is 0 Å². The third kappa shape index (κ3) is 2.89. The van der Waals surface area contributed by atoms with Crippen LogP contribution in [0, 0.1) is 11.2 Å². The zero-order valence-electron chi connectivity index (χ0n) is 8.96. The van der Waals surface area contributed by atoms with Crippen molar-refractivity contribution in [2.75, 3.05) is 5.43 Å². The molecular formula is C12H14FN3. The van der Waals surface area contributed by atoms with E-state index in [-0.39, 0.29) is 5.82 Å². The minimum Gasteiger partial charge on any atom is -0.309 e. The van der Waals surface area contributed by atoms with Gasteiger partial charge in [-0.2, -0.15) is 5.10 Å². The Morgan fingerprint density at radius 1 is 1.19 bits per heavy atom. The van der Waals surface area contributed by atoms with Crippen molar-refractivity contribution in [2.45, 2.75) is 25.7 Å². The van der Waals surface area contributed by atoms with Crippen LogP contribution in [-0.4, -0.2) is 11.4 Å². The maximum atomic E-state index is 12.6. The molecular weight excluding hydrogens is 205 g/mol. The molecule has 0 heterocycles. The molecule has 0 aromatic heterocycles. The molecule has 1 aromatic carbocycles. The number of anilines is 1. The monoisotopic (exact) mass is 219 g/mol. The average molecular weight is 219 g/mol. The zero-order valence-corrected chi connectivity index (χ0v) is 8.96. The van der Waals surface area contributed by atoms with Crippen molar-refractivity contribution in [2.24, 2.45) is 5.10 Å². The Balaban J connectivity index is 1.97. The minimum absolute atomic E-state index is 0.252. The third-order valence-corrected chi connectivity index (χ3v) is 2.55. The highest BCUT2D eigenvalue weighted by atomic mass is 19.1. The van der Waals surface area contributed by atoms with E-state index in [9.17, 15) is 4.39 Å². The largest absolute Gasteiger partial charge is 0.309 e. The van der Waals surface area contributed by atoms with E-state index in [2.05, 4.69) is 10.5 Å². The van der Waals surface area contributed by atoms with E-state index in [1.165, 1.54) is 12.1 Å². The lowest BCUT2D eigenvalue weighted by Crippen LogP contribution is -2.15. The number of benzene rings is 1. The molecule has 3 nitrogen and oxygen atoms in total. The molecule has 1 saturated carbocycles. The summed E-state index contributed by atoms with van der Waals surface area (Å²) in [6.45, 7) is 0. The first-order valence-electron chi connectivity index (χ1n) is 5.37. The molecule has 1 fully saturated rings. The van der Waals surface area contributed by atoms with Crippen LogP contribution in [-0.2, 0) is 0 Å². The Bertz CT molecular complexity index is 409. The number of nitrogens with one attached hydrogen (secondary N) is 2. The van der Waals surface area contributed by atoms with Gasteiger partial charge in [0.1, 0.15) is 5.82 Å². The fraction of sp³-hybridized carbons (Fsp3) is 0.333. The molecule has 2 N–H and O–H groups in total. The molecule has 0 bridgehead atoms. The van der Waals surface area contributed by atoms with Crippen LogP contribution in [0.15, 0.2) is 29.4 Å². The van der Waals surface area contributed by atoms with Crippen LogP contribution in [0.4, 0.5) is 10.1 Å². The molecule has 1 aliphatic rings. The molecule has 0 radical (unpaired) electrons. The number of hydrazone groups is 1. The van der Waals surface area contributed by atoms with Crippen LogP contribution >= 0.6 is 0 Å². The lowest BCUT2D eigenvalue weighted by atomic mass is 9.97. The van der Waals surface area contributed by atoms with E-state index in [1.54, 1.807) is 12.1 Å². The zero-order chi connectivity index (χ0) is 11.4. The Kier molecular flexibility index (Phi) is 3.29. The Morgan fingerprint density at radius 2 is 1.94 bits per heavy atom. The highest BCUT2D eigenvalue weighted by Crippen LogP contribution is 2.13. The summed E-state index contributed by atoms with van der Waals surface area (Å²) in [7, 11) is 0. The topological polar surface area (TPSA) is 48.2 Å². The average Bonchev–Trinajstić information content (AvgIpc) is 2.28. The van der Waals surface area contributed by atoms with Crippen LogP contribution in [0.2, 0.25) is 0 Å². The second-order valence-electron chi connectivity index (χ2n) is 3.93. The van der Waals surface area contributed by atoms with Crippen LogP contribution in [0.3, 0.4) is 0 Å². The quantitative estimate of drug-likeness (QED) is 0.737. The first-order valence-corrected chi connectivity index (χ1v) is 5.37. The first-order chi connectivity index (χ1) is 7.74. The van der Waals surface area contributed by atoms with Gasteiger partial charge in [0.05, 0.1) is 5.69 Å². The first kappa shape index (κ1) is 10.8. The van der Waals surface area contributed by atoms with Gasteiger partial charge in [0.25, 0.3) is 0 Å². The maximum absolute atomic E-state index is 12.6. The van der Waals surface area contributed by atoms with Crippen molar-refractivity contribution in [3.8, 4) is 0 Å². The summed E-state index contributed by atoms with van der Waals surface area (Å²) in [5.41, 5.74) is 5.40. The van der Waals surface area contributed by atoms with Crippen molar-refractivity contribution in [3.05, 3.63) is 30.1 Å². The van der Waals surface area contributed by atoms with Gasteiger partial charge < -0.3 is 5.41 Å². The summed E-state index contributed by atoms with van der Waals surface area (Å²) in [5, 5.41) is 11.8. The smallest absolute Gasteiger partial charge is 0.123 e. The molecule has 4 heteroatoms. The molecule has 1 aliphatic carbocycles.